The van der Waals surface area contributed by atoms with Crippen molar-refractivity contribution in [3.63, 3.8) is 0 Å². The molecule has 2 aromatic heterocycles. The van der Waals surface area contributed by atoms with Crippen molar-refractivity contribution in [3.8, 4) is 5.75 Å². The number of aromatic nitrogens is 4. The van der Waals surface area contributed by atoms with Crippen molar-refractivity contribution in [2.75, 3.05) is 12.4 Å². The second-order valence-electron chi connectivity index (χ2n) is 7.47. The monoisotopic (exact) mass is 365 g/mol. The van der Waals surface area contributed by atoms with Crippen LogP contribution < -0.4 is 10.1 Å². The lowest BCUT2D eigenvalue weighted by atomic mass is 9.92. The number of aryl methyl sites for hydroxylation is 2. The summed E-state index contributed by atoms with van der Waals surface area (Å²) in [6, 6.07) is 5.96. The lowest BCUT2D eigenvalue weighted by Gasteiger charge is -2.15. The number of hydrogen-bond donors (Lipinski definition) is 1. The molecule has 1 aliphatic rings. The maximum Gasteiger partial charge on any atom is 0.232 e. The van der Waals surface area contributed by atoms with Crippen molar-refractivity contribution in [2.24, 2.45) is 5.92 Å². The van der Waals surface area contributed by atoms with Gasteiger partial charge in [0.1, 0.15) is 11.6 Å². The van der Waals surface area contributed by atoms with E-state index < -0.39 is 0 Å². The normalized spacial score (nSPS) is 15.1. The molecular formula is C21H27N5O. The molecule has 0 saturated heterocycles. The first kappa shape index (κ1) is 17.8. The molecule has 2 heterocycles. The maximum absolute atomic E-state index is 5.30. The SMILES string of the molecule is CCCC(c1cnn2c(Nc3ccc(OC)cc3C)nc(C)nc12)C1CC1. The fourth-order valence-corrected chi connectivity index (χ4v) is 3.82. The molecule has 1 unspecified atom stereocenters. The second-order valence-corrected chi connectivity index (χ2v) is 7.47. The van der Waals surface area contributed by atoms with E-state index in [9.17, 15) is 0 Å². The second kappa shape index (κ2) is 7.18. The van der Waals surface area contributed by atoms with Crippen LogP contribution in [-0.2, 0) is 0 Å². The standard InChI is InChI=1S/C21H27N5O/c1-5-6-17(15-7-8-15)18-12-22-26-20(18)23-14(3)24-21(26)25-19-10-9-16(27-4)11-13(19)2/h9-12,15,17H,5-8H2,1-4H3,(H,23,24,25). The Morgan fingerprint density at radius 2 is 2.07 bits per heavy atom. The molecule has 0 bridgehead atoms. The average Bonchev–Trinajstić information content (AvgIpc) is 3.41. The van der Waals surface area contributed by atoms with Crippen LogP contribution in [0.3, 0.4) is 0 Å². The predicted molar refractivity (Wildman–Crippen MR) is 107 cm³/mol. The van der Waals surface area contributed by atoms with Crippen molar-refractivity contribution in [1.29, 1.82) is 0 Å². The molecule has 4 rings (SSSR count). The number of benzene rings is 1. The van der Waals surface area contributed by atoms with Gasteiger partial charge in [-0.1, -0.05) is 13.3 Å². The first-order valence-corrected chi connectivity index (χ1v) is 9.74. The van der Waals surface area contributed by atoms with Crippen LogP contribution in [0.2, 0.25) is 0 Å². The van der Waals surface area contributed by atoms with E-state index in [2.05, 4.69) is 29.2 Å². The van der Waals surface area contributed by atoms with Gasteiger partial charge in [-0.3, -0.25) is 0 Å². The maximum atomic E-state index is 5.30. The fraction of sp³-hybridized carbons (Fsp3) is 0.476. The molecule has 1 fully saturated rings. The Kier molecular flexibility index (Phi) is 4.72. The third-order valence-corrected chi connectivity index (χ3v) is 5.38. The fourth-order valence-electron chi connectivity index (χ4n) is 3.82. The smallest absolute Gasteiger partial charge is 0.232 e. The molecule has 0 radical (unpaired) electrons. The van der Waals surface area contributed by atoms with Crippen molar-refractivity contribution in [1.82, 2.24) is 19.6 Å². The Labute approximate surface area is 160 Å². The van der Waals surface area contributed by atoms with Crippen LogP contribution in [0.5, 0.6) is 5.75 Å². The number of nitrogens with zero attached hydrogens (tertiary/aromatic N) is 4. The largest absolute Gasteiger partial charge is 0.497 e. The third-order valence-electron chi connectivity index (χ3n) is 5.38. The molecule has 1 N–H and O–H groups in total. The van der Waals surface area contributed by atoms with Gasteiger partial charge in [0, 0.05) is 11.3 Å². The van der Waals surface area contributed by atoms with Crippen molar-refractivity contribution in [3.05, 3.63) is 41.3 Å². The number of methoxy groups -OCH3 is 1. The zero-order valence-electron chi connectivity index (χ0n) is 16.5. The summed E-state index contributed by atoms with van der Waals surface area (Å²) in [4.78, 5) is 9.34. The first-order valence-electron chi connectivity index (χ1n) is 9.74. The van der Waals surface area contributed by atoms with Crippen LogP contribution >= 0.6 is 0 Å². The van der Waals surface area contributed by atoms with Crippen LogP contribution in [0.1, 0.15) is 55.5 Å². The van der Waals surface area contributed by atoms with Gasteiger partial charge in [0.15, 0.2) is 5.65 Å². The zero-order chi connectivity index (χ0) is 19.0. The quantitative estimate of drug-likeness (QED) is 0.652. The van der Waals surface area contributed by atoms with E-state index in [1.807, 2.05) is 35.8 Å². The van der Waals surface area contributed by atoms with Crippen molar-refractivity contribution < 1.29 is 4.74 Å². The summed E-state index contributed by atoms with van der Waals surface area (Å²) >= 11 is 0. The minimum absolute atomic E-state index is 0.553. The van der Waals surface area contributed by atoms with E-state index in [1.165, 1.54) is 31.2 Å². The van der Waals surface area contributed by atoms with Crippen molar-refractivity contribution >= 4 is 17.3 Å². The minimum atomic E-state index is 0.553. The summed E-state index contributed by atoms with van der Waals surface area (Å²) < 4.78 is 7.14. The number of rotatable bonds is 7. The molecule has 3 aromatic rings. The highest BCUT2D eigenvalue weighted by Crippen LogP contribution is 2.46. The van der Waals surface area contributed by atoms with Gasteiger partial charge in [0.2, 0.25) is 5.95 Å². The van der Waals surface area contributed by atoms with Gasteiger partial charge in [-0.2, -0.15) is 14.6 Å². The van der Waals surface area contributed by atoms with E-state index in [0.29, 0.717) is 11.9 Å². The van der Waals surface area contributed by atoms with Gasteiger partial charge < -0.3 is 10.1 Å². The molecule has 6 nitrogen and oxygen atoms in total. The van der Waals surface area contributed by atoms with E-state index >= 15 is 0 Å². The van der Waals surface area contributed by atoms with Crippen LogP contribution in [0.25, 0.3) is 5.65 Å². The first-order chi connectivity index (χ1) is 13.1. The van der Waals surface area contributed by atoms with Crippen LogP contribution in [0.15, 0.2) is 24.4 Å². The number of hydrogen-bond acceptors (Lipinski definition) is 5. The van der Waals surface area contributed by atoms with Gasteiger partial charge in [0.25, 0.3) is 0 Å². The molecule has 1 aliphatic carbocycles. The number of fused-ring (bicyclic) bond motifs is 1. The highest BCUT2D eigenvalue weighted by Gasteiger charge is 2.34. The highest BCUT2D eigenvalue weighted by atomic mass is 16.5. The third kappa shape index (κ3) is 3.48. The number of anilines is 2. The molecular weight excluding hydrogens is 338 g/mol. The highest BCUT2D eigenvalue weighted by molar-refractivity contribution is 5.62. The van der Waals surface area contributed by atoms with Crippen molar-refractivity contribution in [2.45, 2.75) is 52.4 Å². The molecule has 27 heavy (non-hydrogen) atoms. The lowest BCUT2D eigenvalue weighted by molar-refractivity contribution is 0.414. The molecule has 1 aromatic carbocycles. The molecule has 142 valence electrons. The Morgan fingerprint density at radius 1 is 1.26 bits per heavy atom. The molecule has 1 saturated carbocycles. The Balaban J connectivity index is 1.73. The van der Waals surface area contributed by atoms with Gasteiger partial charge in [-0.05, 0) is 68.7 Å². The van der Waals surface area contributed by atoms with Gasteiger partial charge >= 0.3 is 0 Å². The lowest BCUT2D eigenvalue weighted by Crippen LogP contribution is -2.08. The van der Waals surface area contributed by atoms with Crippen LogP contribution in [0, 0.1) is 19.8 Å². The summed E-state index contributed by atoms with van der Waals surface area (Å²) in [6.45, 7) is 6.24. The summed E-state index contributed by atoms with van der Waals surface area (Å²) in [7, 11) is 1.68. The van der Waals surface area contributed by atoms with E-state index in [4.69, 9.17) is 9.72 Å². The summed E-state index contributed by atoms with van der Waals surface area (Å²) in [5.41, 5.74) is 4.27. The number of ether oxygens (including phenoxy) is 1. The molecule has 0 amide bonds. The van der Waals surface area contributed by atoms with Gasteiger partial charge in [-0.25, -0.2) is 4.98 Å². The van der Waals surface area contributed by atoms with E-state index in [1.54, 1.807) is 7.11 Å². The summed E-state index contributed by atoms with van der Waals surface area (Å²) in [5, 5.41) is 8.07. The summed E-state index contributed by atoms with van der Waals surface area (Å²) in [6.07, 6.45) is 7.01. The molecule has 1 atom stereocenters. The van der Waals surface area contributed by atoms with E-state index in [0.717, 1.165) is 34.4 Å². The van der Waals surface area contributed by atoms with Crippen LogP contribution in [-0.4, -0.2) is 26.7 Å². The minimum Gasteiger partial charge on any atom is -0.497 e. The molecule has 0 aliphatic heterocycles. The van der Waals surface area contributed by atoms with E-state index in [-0.39, 0.29) is 0 Å². The van der Waals surface area contributed by atoms with Gasteiger partial charge in [0.05, 0.1) is 13.3 Å². The van der Waals surface area contributed by atoms with Crippen LogP contribution in [0.4, 0.5) is 11.6 Å². The Bertz CT molecular complexity index is 961. The van der Waals surface area contributed by atoms with Gasteiger partial charge in [-0.15, -0.1) is 0 Å². The molecule has 0 spiro atoms. The Hall–Kier alpha value is -2.63. The molecule has 6 heteroatoms. The predicted octanol–water partition coefficient (Wildman–Crippen LogP) is 4.79. The summed E-state index contributed by atoms with van der Waals surface area (Å²) in [5.74, 6) is 3.63. The zero-order valence-corrected chi connectivity index (χ0v) is 16.5. The Morgan fingerprint density at radius 3 is 2.74 bits per heavy atom. The number of nitrogens with one attached hydrogen (secondary N) is 1. The average molecular weight is 365 g/mol. The topological polar surface area (TPSA) is 64.3 Å².